The van der Waals surface area contributed by atoms with Crippen molar-refractivity contribution in [3.63, 3.8) is 0 Å². The predicted molar refractivity (Wildman–Crippen MR) is 77.6 cm³/mol. The molecule has 1 heterocycles. The molecule has 1 aliphatic carbocycles. The molecule has 0 radical (unpaired) electrons. The van der Waals surface area contributed by atoms with Crippen LogP contribution in [0.15, 0.2) is 23.2 Å². The number of aromatic nitrogens is 1. The van der Waals surface area contributed by atoms with Gasteiger partial charge in [-0.2, -0.15) is 0 Å². The van der Waals surface area contributed by atoms with Gasteiger partial charge >= 0.3 is 5.97 Å². The number of nitrogens with one attached hydrogen (secondary N) is 1. The van der Waals surface area contributed by atoms with Crippen molar-refractivity contribution in [2.24, 2.45) is 0 Å². The first-order chi connectivity index (χ1) is 9.78. The van der Waals surface area contributed by atoms with E-state index in [1.54, 1.807) is 0 Å². The highest BCUT2D eigenvalue weighted by molar-refractivity contribution is 7.89. The number of carboxylic acid groups (broad SMARTS) is 1. The van der Waals surface area contributed by atoms with E-state index < -0.39 is 21.5 Å². The van der Waals surface area contributed by atoms with Gasteiger partial charge in [0.1, 0.15) is 16.3 Å². The maximum atomic E-state index is 11.9. The molecule has 2 N–H and O–H groups in total. The van der Waals surface area contributed by atoms with Crippen LogP contribution in [0, 0.1) is 0 Å². The van der Waals surface area contributed by atoms with E-state index in [0.29, 0.717) is 18.7 Å². The summed E-state index contributed by atoms with van der Waals surface area (Å²) in [4.78, 5) is 15.6. The number of aliphatic carboxylic acids is 1. The smallest absolute Gasteiger partial charge is 0.329 e. The van der Waals surface area contributed by atoms with Crippen LogP contribution >= 0.6 is 0 Å². The lowest BCUT2D eigenvalue weighted by atomic mass is 9.98. The van der Waals surface area contributed by atoms with E-state index in [2.05, 4.69) is 10.3 Å². The van der Waals surface area contributed by atoms with Crippen LogP contribution in [0.3, 0.4) is 0 Å². The van der Waals surface area contributed by atoms with Gasteiger partial charge in [-0.15, -0.1) is 0 Å². The van der Waals surface area contributed by atoms with Crippen LogP contribution in [0.1, 0.15) is 25.7 Å². The van der Waals surface area contributed by atoms with Crippen molar-refractivity contribution in [2.45, 2.75) is 36.1 Å². The quantitative estimate of drug-likeness (QED) is 0.845. The minimum Gasteiger partial charge on any atom is -0.480 e. The molecule has 0 atom stereocenters. The van der Waals surface area contributed by atoms with Gasteiger partial charge in [-0.25, -0.2) is 22.5 Å². The second kappa shape index (κ2) is 5.61. The lowest BCUT2D eigenvalue weighted by molar-refractivity contribution is -0.142. The van der Waals surface area contributed by atoms with Gasteiger partial charge in [-0.3, -0.25) is 0 Å². The van der Waals surface area contributed by atoms with E-state index in [1.165, 1.54) is 32.4 Å². The van der Waals surface area contributed by atoms with Gasteiger partial charge in [0.2, 0.25) is 10.0 Å². The van der Waals surface area contributed by atoms with E-state index in [9.17, 15) is 18.3 Å². The minimum absolute atomic E-state index is 0.0776. The summed E-state index contributed by atoms with van der Waals surface area (Å²) in [6.45, 7) is 0. The van der Waals surface area contributed by atoms with Gasteiger partial charge < -0.3 is 10.4 Å². The summed E-state index contributed by atoms with van der Waals surface area (Å²) >= 11 is 0. The van der Waals surface area contributed by atoms with E-state index in [4.69, 9.17) is 0 Å². The maximum Gasteiger partial charge on any atom is 0.329 e. The molecule has 0 amide bonds. The van der Waals surface area contributed by atoms with E-state index >= 15 is 0 Å². The molecule has 1 aromatic rings. The summed E-state index contributed by atoms with van der Waals surface area (Å²) in [7, 11) is -0.638. The summed E-state index contributed by atoms with van der Waals surface area (Å²) < 4.78 is 25.0. The molecule has 0 aromatic carbocycles. The largest absolute Gasteiger partial charge is 0.480 e. The number of carboxylic acids is 1. The standard InChI is InChI=1S/C13H19N3O4S/c1-16(2)21(19,20)10-5-6-11(14-9-10)15-13(12(17)18)7-3-4-8-13/h5-6,9H,3-4,7-8H2,1-2H3,(H,14,15)(H,17,18). The van der Waals surface area contributed by atoms with Gasteiger partial charge in [-0.1, -0.05) is 12.8 Å². The Morgan fingerprint density at radius 2 is 1.95 bits per heavy atom. The molecule has 1 aliphatic rings. The molecule has 0 aliphatic heterocycles. The van der Waals surface area contributed by atoms with Crippen molar-refractivity contribution in [2.75, 3.05) is 19.4 Å². The lowest BCUT2D eigenvalue weighted by Gasteiger charge is -2.26. The Morgan fingerprint density at radius 1 is 1.33 bits per heavy atom. The van der Waals surface area contributed by atoms with Gasteiger partial charge in [-0.05, 0) is 25.0 Å². The first-order valence-electron chi connectivity index (χ1n) is 6.68. The molecule has 0 saturated heterocycles. The van der Waals surface area contributed by atoms with E-state index in [1.807, 2.05) is 0 Å². The van der Waals surface area contributed by atoms with Crippen LogP contribution in [0.2, 0.25) is 0 Å². The second-order valence-corrected chi connectivity index (χ2v) is 7.54. The molecule has 8 heteroatoms. The highest BCUT2D eigenvalue weighted by atomic mass is 32.2. The summed E-state index contributed by atoms with van der Waals surface area (Å²) in [5.74, 6) is -0.524. The molecule has 0 bridgehead atoms. The van der Waals surface area contributed by atoms with E-state index in [-0.39, 0.29) is 4.90 Å². The molecule has 2 rings (SSSR count). The molecule has 7 nitrogen and oxygen atoms in total. The Balaban J connectivity index is 2.22. The number of pyridine rings is 1. The molecule has 1 saturated carbocycles. The zero-order valence-electron chi connectivity index (χ0n) is 12.0. The first-order valence-corrected chi connectivity index (χ1v) is 8.12. The van der Waals surface area contributed by atoms with Crippen molar-refractivity contribution >= 4 is 21.8 Å². The lowest BCUT2D eigenvalue weighted by Crippen LogP contribution is -2.43. The Labute approximate surface area is 124 Å². The molecular formula is C13H19N3O4S. The Bertz CT molecular complexity index is 619. The monoisotopic (exact) mass is 313 g/mol. The fourth-order valence-electron chi connectivity index (χ4n) is 2.43. The second-order valence-electron chi connectivity index (χ2n) is 5.39. The Kier molecular flexibility index (Phi) is 4.20. The number of nitrogens with zero attached hydrogens (tertiary/aromatic N) is 2. The third-order valence-electron chi connectivity index (χ3n) is 3.75. The Hall–Kier alpha value is -1.67. The number of rotatable bonds is 5. The first kappa shape index (κ1) is 15.7. The predicted octanol–water partition coefficient (Wildman–Crippen LogP) is 1.14. The number of carbonyl (C=O) groups is 1. The third kappa shape index (κ3) is 3.01. The fraction of sp³-hybridized carbons (Fsp3) is 0.538. The van der Waals surface area contributed by atoms with Crippen LogP contribution in [-0.4, -0.2) is 48.4 Å². The number of hydrogen-bond acceptors (Lipinski definition) is 5. The molecule has 116 valence electrons. The van der Waals surface area contributed by atoms with Crippen LogP contribution < -0.4 is 5.32 Å². The zero-order chi connectivity index (χ0) is 15.7. The molecular weight excluding hydrogens is 294 g/mol. The van der Waals surface area contributed by atoms with Crippen molar-refractivity contribution in [1.82, 2.24) is 9.29 Å². The highest BCUT2D eigenvalue weighted by Gasteiger charge is 2.41. The molecule has 0 unspecified atom stereocenters. The van der Waals surface area contributed by atoms with Crippen molar-refractivity contribution in [1.29, 1.82) is 0 Å². The maximum absolute atomic E-state index is 11.9. The summed E-state index contributed by atoms with van der Waals surface area (Å²) in [5.41, 5.74) is -0.991. The molecule has 21 heavy (non-hydrogen) atoms. The summed E-state index contributed by atoms with van der Waals surface area (Å²) in [5, 5.41) is 12.3. The summed E-state index contributed by atoms with van der Waals surface area (Å²) in [6.07, 6.45) is 4.03. The molecule has 1 fully saturated rings. The topological polar surface area (TPSA) is 99.6 Å². The van der Waals surface area contributed by atoms with Crippen molar-refractivity contribution in [3.8, 4) is 0 Å². The Morgan fingerprint density at radius 3 is 2.38 bits per heavy atom. The summed E-state index contributed by atoms with van der Waals surface area (Å²) in [6, 6.07) is 2.93. The number of anilines is 1. The highest BCUT2D eigenvalue weighted by Crippen LogP contribution is 2.33. The van der Waals surface area contributed by atoms with E-state index in [0.717, 1.165) is 17.1 Å². The normalized spacial score (nSPS) is 17.9. The number of sulfonamides is 1. The minimum atomic E-state index is -3.53. The van der Waals surface area contributed by atoms with Gasteiger partial charge in [0, 0.05) is 20.3 Å². The number of hydrogen-bond donors (Lipinski definition) is 2. The van der Waals surface area contributed by atoms with Crippen molar-refractivity contribution in [3.05, 3.63) is 18.3 Å². The fourth-order valence-corrected chi connectivity index (χ4v) is 3.28. The van der Waals surface area contributed by atoms with Gasteiger partial charge in [0.05, 0.1) is 0 Å². The average Bonchev–Trinajstić information content (AvgIpc) is 2.89. The third-order valence-corrected chi connectivity index (χ3v) is 5.55. The molecule has 1 aromatic heterocycles. The van der Waals surface area contributed by atoms with Crippen molar-refractivity contribution < 1.29 is 18.3 Å². The van der Waals surface area contributed by atoms with Crippen LogP contribution in [0.5, 0.6) is 0 Å². The van der Waals surface area contributed by atoms with Crippen LogP contribution in [-0.2, 0) is 14.8 Å². The average molecular weight is 313 g/mol. The van der Waals surface area contributed by atoms with Gasteiger partial charge in [0.15, 0.2) is 0 Å². The van der Waals surface area contributed by atoms with Crippen LogP contribution in [0.4, 0.5) is 5.82 Å². The zero-order valence-corrected chi connectivity index (χ0v) is 12.9. The van der Waals surface area contributed by atoms with Gasteiger partial charge in [0.25, 0.3) is 0 Å². The SMILES string of the molecule is CN(C)S(=O)(=O)c1ccc(NC2(C(=O)O)CCCC2)nc1. The van der Waals surface area contributed by atoms with Crippen LogP contribution in [0.25, 0.3) is 0 Å². The molecule has 0 spiro atoms.